The van der Waals surface area contributed by atoms with Crippen molar-refractivity contribution >= 4 is 11.5 Å². The molecule has 2 rings (SSSR count). The van der Waals surface area contributed by atoms with Gasteiger partial charge in [-0.3, -0.25) is 10.1 Å². The van der Waals surface area contributed by atoms with Crippen LogP contribution in [0, 0.1) is 10.1 Å². The van der Waals surface area contributed by atoms with Gasteiger partial charge in [0.15, 0.2) is 0 Å². The SMILES string of the molecule is COc1ccc([N+](=O)[O-])c(NCCOC2CCCC2)n1. The predicted molar refractivity (Wildman–Crippen MR) is 74.1 cm³/mol. The maximum atomic E-state index is 10.9. The summed E-state index contributed by atoms with van der Waals surface area (Å²) in [7, 11) is 1.47. The smallest absolute Gasteiger partial charge is 0.311 e. The standard InChI is InChI=1S/C13H19N3O4/c1-19-12-7-6-11(16(17)18)13(15-12)14-8-9-20-10-4-2-3-5-10/h6-7,10H,2-5,8-9H2,1H3,(H,14,15). The second-order valence-corrected chi connectivity index (χ2v) is 4.68. The summed E-state index contributed by atoms with van der Waals surface area (Å²) in [5, 5.41) is 13.9. The molecule has 1 N–H and O–H groups in total. The Kier molecular flexibility index (Phi) is 5.11. The first-order valence-electron chi connectivity index (χ1n) is 6.75. The highest BCUT2D eigenvalue weighted by molar-refractivity contribution is 5.56. The number of aromatic nitrogens is 1. The molecule has 1 fully saturated rings. The van der Waals surface area contributed by atoms with Crippen LogP contribution in [0.3, 0.4) is 0 Å². The summed E-state index contributed by atoms with van der Waals surface area (Å²) in [5.74, 6) is 0.555. The van der Waals surface area contributed by atoms with Crippen LogP contribution in [0.2, 0.25) is 0 Å². The Bertz CT molecular complexity index is 461. The number of methoxy groups -OCH3 is 1. The Morgan fingerprint density at radius 1 is 1.45 bits per heavy atom. The van der Waals surface area contributed by atoms with Gasteiger partial charge in [-0.25, -0.2) is 0 Å². The first-order valence-corrected chi connectivity index (χ1v) is 6.75. The van der Waals surface area contributed by atoms with E-state index < -0.39 is 4.92 Å². The number of hydrogen-bond donors (Lipinski definition) is 1. The summed E-state index contributed by atoms with van der Waals surface area (Å²) in [5.41, 5.74) is -0.0633. The van der Waals surface area contributed by atoms with Crippen LogP contribution in [0.5, 0.6) is 5.88 Å². The maximum absolute atomic E-state index is 10.9. The summed E-state index contributed by atoms with van der Waals surface area (Å²) < 4.78 is 10.7. The lowest BCUT2D eigenvalue weighted by Crippen LogP contribution is -2.16. The lowest BCUT2D eigenvalue weighted by molar-refractivity contribution is -0.384. The molecular weight excluding hydrogens is 262 g/mol. The summed E-state index contributed by atoms with van der Waals surface area (Å²) in [6, 6.07) is 2.85. The molecule has 0 aromatic carbocycles. The molecule has 0 bridgehead atoms. The van der Waals surface area contributed by atoms with Crippen molar-refractivity contribution in [3.63, 3.8) is 0 Å². The molecule has 1 saturated carbocycles. The Hall–Kier alpha value is -1.89. The molecule has 0 unspecified atom stereocenters. The number of hydrogen-bond acceptors (Lipinski definition) is 6. The van der Waals surface area contributed by atoms with E-state index in [2.05, 4.69) is 10.3 Å². The molecular formula is C13H19N3O4. The van der Waals surface area contributed by atoms with E-state index in [4.69, 9.17) is 9.47 Å². The van der Waals surface area contributed by atoms with E-state index in [9.17, 15) is 10.1 Å². The molecule has 1 aromatic rings. The molecule has 7 heteroatoms. The number of nitrogens with zero attached hydrogens (tertiary/aromatic N) is 2. The topological polar surface area (TPSA) is 86.5 Å². The van der Waals surface area contributed by atoms with Crippen molar-refractivity contribution < 1.29 is 14.4 Å². The number of nitro groups is 1. The first kappa shape index (κ1) is 14.5. The molecule has 0 amide bonds. The first-order chi connectivity index (χ1) is 9.70. The molecule has 20 heavy (non-hydrogen) atoms. The molecule has 0 radical (unpaired) electrons. The fraction of sp³-hybridized carbons (Fsp3) is 0.615. The fourth-order valence-electron chi connectivity index (χ4n) is 2.28. The fourth-order valence-corrected chi connectivity index (χ4v) is 2.28. The van der Waals surface area contributed by atoms with Gasteiger partial charge >= 0.3 is 5.69 Å². The normalized spacial score (nSPS) is 15.2. The summed E-state index contributed by atoms with van der Waals surface area (Å²) in [4.78, 5) is 14.5. The zero-order valence-electron chi connectivity index (χ0n) is 11.5. The molecule has 0 spiro atoms. The van der Waals surface area contributed by atoms with Gasteiger partial charge in [0.05, 0.1) is 24.7 Å². The minimum atomic E-state index is -0.466. The summed E-state index contributed by atoms with van der Waals surface area (Å²) in [6.45, 7) is 0.998. The largest absolute Gasteiger partial charge is 0.481 e. The lowest BCUT2D eigenvalue weighted by Gasteiger charge is -2.12. The second-order valence-electron chi connectivity index (χ2n) is 4.68. The molecule has 1 aromatic heterocycles. The van der Waals surface area contributed by atoms with Crippen molar-refractivity contribution in [2.24, 2.45) is 0 Å². The Balaban J connectivity index is 1.88. The van der Waals surface area contributed by atoms with E-state index in [0.29, 0.717) is 25.1 Å². The maximum Gasteiger partial charge on any atom is 0.311 e. The zero-order chi connectivity index (χ0) is 14.4. The van der Waals surface area contributed by atoms with Crippen molar-refractivity contribution in [3.8, 4) is 5.88 Å². The number of nitrogens with one attached hydrogen (secondary N) is 1. The highest BCUT2D eigenvalue weighted by Gasteiger charge is 2.17. The number of pyridine rings is 1. The van der Waals surface area contributed by atoms with Crippen molar-refractivity contribution in [1.29, 1.82) is 0 Å². The molecule has 0 aliphatic heterocycles. The van der Waals surface area contributed by atoms with Gasteiger partial charge in [-0.05, 0) is 12.8 Å². The number of ether oxygens (including phenoxy) is 2. The molecule has 1 aliphatic carbocycles. The summed E-state index contributed by atoms with van der Waals surface area (Å²) >= 11 is 0. The van der Waals surface area contributed by atoms with Gasteiger partial charge in [-0.15, -0.1) is 0 Å². The predicted octanol–water partition coefficient (Wildman–Crippen LogP) is 2.37. The van der Waals surface area contributed by atoms with Gasteiger partial charge < -0.3 is 14.8 Å². The highest BCUT2D eigenvalue weighted by Crippen LogP contribution is 2.25. The van der Waals surface area contributed by atoms with E-state index in [1.807, 2.05) is 0 Å². The number of anilines is 1. The van der Waals surface area contributed by atoms with Gasteiger partial charge in [-0.2, -0.15) is 4.98 Å². The molecule has 0 saturated heterocycles. The van der Waals surface area contributed by atoms with Crippen molar-refractivity contribution in [3.05, 3.63) is 22.2 Å². The highest BCUT2D eigenvalue weighted by atomic mass is 16.6. The van der Waals surface area contributed by atoms with Crippen LogP contribution in [0.15, 0.2) is 12.1 Å². The van der Waals surface area contributed by atoms with Crippen LogP contribution in [-0.4, -0.2) is 36.3 Å². The van der Waals surface area contributed by atoms with E-state index in [1.54, 1.807) is 0 Å². The van der Waals surface area contributed by atoms with Crippen LogP contribution >= 0.6 is 0 Å². The van der Waals surface area contributed by atoms with Crippen LogP contribution in [0.1, 0.15) is 25.7 Å². The monoisotopic (exact) mass is 281 g/mol. The quantitative estimate of drug-likeness (QED) is 0.469. The average Bonchev–Trinajstić information content (AvgIpc) is 2.96. The van der Waals surface area contributed by atoms with Crippen LogP contribution in [-0.2, 0) is 4.74 Å². The third-order valence-electron chi connectivity index (χ3n) is 3.30. The van der Waals surface area contributed by atoms with Gasteiger partial charge in [0.2, 0.25) is 11.7 Å². The minimum Gasteiger partial charge on any atom is -0.481 e. The zero-order valence-corrected chi connectivity index (χ0v) is 11.5. The minimum absolute atomic E-state index is 0.0633. The van der Waals surface area contributed by atoms with Crippen molar-refractivity contribution in [2.75, 3.05) is 25.6 Å². The lowest BCUT2D eigenvalue weighted by atomic mass is 10.3. The molecule has 1 heterocycles. The Morgan fingerprint density at radius 3 is 2.85 bits per heavy atom. The molecule has 110 valence electrons. The Morgan fingerprint density at radius 2 is 2.20 bits per heavy atom. The van der Waals surface area contributed by atoms with Gasteiger partial charge in [-0.1, -0.05) is 12.8 Å². The Labute approximate surface area is 117 Å². The van der Waals surface area contributed by atoms with Gasteiger partial charge in [0, 0.05) is 18.7 Å². The van der Waals surface area contributed by atoms with Crippen molar-refractivity contribution in [1.82, 2.24) is 4.98 Å². The van der Waals surface area contributed by atoms with Crippen LogP contribution < -0.4 is 10.1 Å². The third kappa shape index (κ3) is 3.80. The van der Waals surface area contributed by atoms with Crippen LogP contribution in [0.25, 0.3) is 0 Å². The van der Waals surface area contributed by atoms with Gasteiger partial charge in [0.1, 0.15) is 0 Å². The molecule has 7 nitrogen and oxygen atoms in total. The van der Waals surface area contributed by atoms with Crippen molar-refractivity contribution in [2.45, 2.75) is 31.8 Å². The third-order valence-corrected chi connectivity index (χ3v) is 3.30. The van der Waals surface area contributed by atoms with Gasteiger partial charge in [0.25, 0.3) is 0 Å². The average molecular weight is 281 g/mol. The van der Waals surface area contributed by atoms with E-state index in [1.165, 1.54) is 32.1 Å². The van der Waals surface area contributed by atoms with Crippen LogP contribution in [0.4, 0.5) is 11.5 Å². The summed E-state index contributed by atoms with van der Waals surface area (Å²) in [6.07, 6.45) is 5.00. The van der Waals surface area contributed by atoms with E-state index in [-0.39, 0.29) is 11.5 Å². The number of rotatable bonds is 7. The molecule has 0 atom stereocenters. The molecule has 1 aliphatic rings. The van der Waals surface area contributed by atoms with E-state index in [0.717, 1.165) is 12.8 Å². The van der Waals surface area contributed by atoms with E-state index >= 15 is 0 Å². The second kappa shape index (κ2) is 7.04.